The Bertz CT molecular complexity index is 766. The van der Waals surface area contributed by atoms with E-state index < -0.39 is 0 Å². The molecule has 0 N–H and O–H groups in total. The van der Waals surface area contributed by atoms with Crippen LogP contribution in [0.1, 0.15) is 30.9 Å². The van der Waals surface area contributed by atoms with Gasteiger partial charge in [0.2, 0.25) is 5.91 Å². The summed E-state index contributed by atoms with van der Waals surface area (Å²) in [5, 5.41) is 0. The highest BCUT2D eigenvalue weighted by molar-refractivity contribution is 5.78. The first kappa shape index (κ1) is 21.3. The van der Waals surface area contributed by atoms with Gasteiger partial charge in [0.05, 0.1) is 13.5 Å². The van der Waals surface area contributed by atoms with E-state index in [1.54, 1.807) is 19.5 Å². The number of benzene rings is 1. The summed E-state index contributed by atoms with van der Waals surface area (Å²) < 4.78 is 5.33. The van der Waals surface area contributed by atoms with E-state index >= 15 is 0 Å². The number of pyridine rings is 1. The molecule has 1 amide bonds. The maximum atomic E-state index is 12.7. The van der Waals surface area contributed by atoms with Crippen LogP contribution in [0.4, 0.5) is 0 Å². The number of aromatic nitrogens is 1. The van der Waals surface area contributed by atoms with Gasteiger partial charge in [0, 0.05) is 38.6 Å². The highest BCUT2D eigenvalue weighted by Gasteiger charge is 2.23. The fourth-order valence-corrected chi connectivity index (χ4v) is 4.13. The topological polar surface area (TPSA) is 45.7 Å². The van der Waals surface area contributed by atoms with E-state index in [1.807, 2.05) is 23.1 Å². The minimum atomic E-state index is 0.203. The van der Waals surface area contributed by atoms with Crippen LogP contribution in [0, 0.1) is 5.92 Å². The van der Waals surface area contributed by atoms with Crippen molar-refractivity contribution in [2.24, 2.45) is 5.92 Å². The van der Waals surface area contributed by atoms with Gasteiger partial charge in [-0.2, -0.15) is 0 Å². The van der Waals surface area contributed by atoms with Gasteiger partial charge in [-0.3, -0.25) is 9.78 Å². The van der Waals surface area contributed by atoms with Crippen LogP contribution in [-0.2, 0) is 17.6 Å². The number of ether oxygens (including phenoxy) is 1. The molecule has 5 nitrogen and oxygen atoms in total. The molecule has 1 aromatic heterocycles. The van der Waals surface area contributed by atoms with Gasteiger partial charge >= 0.3 is 0 Å². The molecule has 2 heterocycles. The van der Waals surface area contributed by atoms with Gasteiger partial charge in [-0.25, -0.2) is 0 Å². The number of carbonyl (C=O) groups excluding carboxylic acids is 1. The molecule has 3 rings (SSSR count). The van der Waals surface area contributed by atoms with Crippen molar-refractivity contribution in [1.82, 2.24) is 14.8 Å². The molecule has 1 fully saturated rings. The summed E-state index contributed by atoms with van der Waals surface area (Å²) >= 11 is 0. The predicted octanol–water partition coefficient (Wildman–Crippen LogP) is 3.44. The molecule has 0 aliphatic carbocycles. The fraction of sp³-hybridized carbons (Fsp3) is 0.500. The van der Waals surface area contributed by atoms with E-state index in [1.165, 1.54) is 18.4 Å². The number of amides is 1. The quantitative estimate of drug-likeness (QED) is 0.653. The van der Waals surface area contributed by atoms with Crippen LogP contribution < -0.4 is 4.74 Å². The third-order valence-corrected chi connectivity index (χ3v) is 5.75. The summed E-state index contributed by atoms with van der Waals surface area (Å²) in [6.45, 7) is 6.96. The van der Waals surface area contributed by atoms with Gasteiger partial charge in [0.25, 0.3) is 0 Å². The van der Waals surface area contributed by atoms with Crippen LogP contribution in [0.3, 0.4) is 0 Å². The number of piperidine rings is 1. The zero-order valence-corrected chi connectivity index (χ0v) is 17.7. The molecule has 1 aromatic carbocycles. The summed E-state index contributed by atoms with van der Waals surface area (Å²) in [5.41, 5.74) is 2.30. The Morgan fingerprint density at radius 2 is 2.14 bits per heavy atom. The van der Waals surface area contributed by atoms with Gasteiger partial charge in [-0.15, -0.1) is 0 Å². The molecule has 1 aliphatic rings. The largest absolute Gasteiger partial charge is 0.497 e. The molecule has 1 saturated heterocycles. The molecule has 1 atom stereocenters. The molecule has 1 unspecified atom stereocenters. The Morgan fingerprint density at radius 1 is 1.28 bits per heavy atom. The first-order valence-corrected chi connectivity index (χ1v) is 10.7. The maximum Gasteiger partial charge on any atom is 0.227 e. The molecule has 0 bridgehead atoms. The Kier molecular flexibility index (Phi) is 8.05. The number of hydrogen-bond donors (Lipinski definition) is 0. The SMILES string of the molecule is CCN(CC1CCCN(CCc2cccc(OC)c2)C1)C(=O)Cc1cccnc1. The summed E-state index contributed by atoms with van der Waals surface area (Å²) in [5.74, 6) is 1.67. The lowest BCUT2D eigenvalue weighted by molar-refractivity contribution is -0.131. The van der Waals surface area contributed by atoms with Gasteiger partial charge in [-0.05, 0) is 68.0 Å². The monoisotopic (exact) mass is 395 g/mol. The summed E-state index contributed by atoms with van der Waals surface area (Å²) in [6, 6.07) is 12.2. The van der Waals surface area contributed by atoms with Crippen molar-refractivity contribution < 1.29 is 9.53 Å². The number of nitrogens with zero attached hydrogens (tertiary/aromatic N) is 3. The number of likely N-dealkylation sites (tertiary alicyclic amines) is 1. The average molecular weight is 396 g/mol. The van der Waals surface area contributed by atoms with Gasteiger partial charge < -0.3 is 14.5 Å². The van der Waals surface area contributed by atoms with Crippen LogP contribution in [-0.4, -0.2) is 60.5 Å². The minimum Gasteiger partial charge on any atom is -0.497 e. The normalized spacial score (nSPS) is 17.1. The molecular formula is C24H33N3O2. The van der Waals surface area contributed by atoms with Crippen LogP contribution in [0.5, 0.6) is 5.75 Å². The first-order chi connectivity index (χ1) is 14.2. The van der Waals surface area contributed by atoms with Crippen molar-refractivity contribution in [3.05, 3.63) is 59.9 Å². The molecule has 29 heavy (non-hydrogen) atoms. The van der Waals surface area contributed by atoms with E-state index in [4.69, 9.17) is 4.74 Å². The van der Waals surface area contributed by atoms with Crippen molar-refractivity contribution in [3.63, 3.8) is 0 Å². The van der Waals surface area contributed by atoms with Crippen LogP contribution in [0.2, 0.25) is 0 Å². The highest BCUT2D eigenvalue weighted by Crippen LogP contribution is 2.20. The molecule has 1 aliphatic heterocycles. The average Bonchev–Trinajstić information content (AvgIpc) is 2.77. The van der Waals surface area contributed by atoms with Crippen molar-refractivity contribution in [2.45, 2.75) is 32.6 Å². The molecule has 0 radical (unpaired) electrons. The maximum absolute atomic E-state index is 12.7. The molecule has 5 heteroatoms. The van der Waals surface area contributed by atoms with Crippen LogP contribution >= 0.6 is 0 Å². The van der Waals surface area contributed by atoms with Crippen LogP contribution in [0.15, 0.2) is 48.8 Å². The molecule has 2 aromatic rings. The third-order valence-electron chi connectivity index (χ3n) is 5.75. The highest BCUT2D eigenvalue weighted by atomic mass is 16.5. The number of methoxy groups -OCH3 is 1. The van der Waals surface area contributed by atoms with E-state index in [9.17, 15) is 4.79 Å². The van der Waals surface area contributed by atoms with Crippen molar-refractivity contribution >= 4 is 5.91 Å². The second-order valence-corrected chi connectivity index (χ2v) is 7.88. The predicted molar refractivity (Wildman–Crippen MR) is 116 cm³/mol. The zero-order valence-electron chi connectivity index (χ0n) is 17.7. The number of hydrogen-bond acceptors (Lipinski definition) is 4. The number of likely N-dealkylation sites (N-methyl/N-ethyl adjacent to an activating group) is 1. The first-order valence-electron chi connectivity index (χ1n) is 10.7. The van der Waals surface area contributed by atoms with Crippen molar-refractivity contribution in [2.75, 3.05) is 39.8 Å². The smallest absolute Gasteiger partial charge is 0.227 e. The Balaban J connectivity index is 1.49. The standard InChI is InChI=1S/C24H33N3O2/c1-3-27(24(28)16-21-8-5-12-25-17-21)19-22-9-6-13-26(18-22)14-11-20-7-4-10-23(15-20)29-2/h4-5,7-8,10,12,15,17,22H,3,6,9,11,13-14,16,18-19H2,1-2H3. The van der Waals surface area contributed by atoms with E-state index in [2.05, 4.69) is 35.0 Å². The summed E-state index contributed by atoms with van der Waals surface area (Å²) in [7, 11) is 1.71. The van der Waals surface area contributed by atoms with Gasteiger partial charge in [0.1, 0.15) is 5.75 Å². The molecule has 0 saturated carbocycles. The Labute approximate surface area is 174 Å². The van der Waals surface area contributed by atoms with Gasteiger partial charge in [0.15, 0.2) is 0 Å². The third kappa shape index (κ3) is 6.57. The number of rotatable bonds is 9. The summed E-state index contributed by atoms with van der Waals surface area (Å²) in [4.78, 5) is 21.4. The van der Waals surface area contributed by atoms with E-state index in [-0.39, 0.29) is 5.91 Å². The van der Waals surface area contributed by atoms with Crippen molar-refractivity contribution in [1.29, 1.82) is 0 Å². The fourth-order valence-electron chi connectivity index (χ4n) is 4.13. The molecule has 0 spiro atoms. The van der Waals surface area contributed by atoms with Crippen LogP contribution in [0.25, 0.3) is 0 Å². The zero-order chi connectivity index (χ0) is 20.5. The van der Waals surface area contributed by atoms with E-state index in [0.29, 0.717) is 12.3 Å². The number of carbonyl (C=O) groups is 1. The second kappa shape index (κ2) is 11.0. The Hall–Kier alpha value is -2.40. The second-order valence-electron chi connectivity index (χ2n) is 7.88. The Morgan fingerprint density at radius 3 is 2.90 bits per heavy atom. The van der Waals surface area contributed by atoms with E-state index in [0.717, 1.165) is 50.5 Å². The lowest BCUT2D eigenvalue weighted by Crippen LogP contribution is -2.43. The lowest BCUT2D eigenvalue weighted by Gasteiger charge is -2.35. The van der Waals surface area contributed by atoms with Crippen molar-refractivity contribution in [3.8, 4) is 5.75 Å². The molecule has 156 valence electrons. The molecular weight excluding hydrogens is 362 g/mol. The van der Waals surface area contributed by atoms with Gasteiger partial charge in [-0.1, -0.05) is 18.2 Å². The lowest BCUT2D eigenvalue weighted by atomic mass is 9.96. The minimum absolute atomic E-state index is 0.203. The summed E-state index contributed by atoms with van der Waals surface area (Å²) in [6.07, 6.45) is 7.40.